The van der Waals surface area contributed by atoms with E-state index in [4.69, 9.17) is 25.5 Å². The third kappa shape index (κ3) is 10.1. The fourth-order valence-electron chi connectivity index (χ4n) is 3.03. The van der Waals surface area contributed by atoms with E-state index in [-0.39, 0.29) is 0 Å². The van der Waals surface area contributed by atoms with Gasteiger partial charge in [0.2, 0.25) is 11.8 Å². The largest absolute Gasteiger partial charge is 0.492 e. The van der Waals surface area contributed by atoms with Crippen LogP contribution in [0.15, 0.2) is 30.5 Å². The Morgan fingerprint density at radius 2 is 1.78 bits per heavy atom. The summed E-state index contributed by atoms with van der Waals surface area (Å²) in [6.45, 7) is 2.59. The second kappa shape index (κ2) is 13.7. The van der Waals surface area contributed by atoms with Gasteiger partial charge in [-0.1, -0.05) is 38.7 Å². The van der Waals surface area contributed by atoms with Gasteiger partial charge in [0.15, 0.2) is 11.5 Å². The van der Waals surface area contributed by atoms with Crippen LogP contribution >= 0.6 is 0 Å². The average molecular weight is 468 g/mol. The minimum Gasteiger partial charge on any atom is -0.492 e. The maximum atomic E-state index is 11.1. The highest BCUT2D eigenvalue weighted by Gasteiger charge is 2.15. The zero-order chi connectivity index (χ0) is 24.1. The van der Waals surface area contributed by atoms with Crippen molar-refractivity contribution in [3.8, 4) is 17.4 Å². The summed E-state index contributed by atoms with van der Waals surface area (Å²) >= 11 is 0. The van der Waals surface area contributed by atoms with Gasteiger partial charge < -0.3 is 20.9 Å². The molecular formula is C22H33N3O6S. The van der Waals surface area contributed by atoms with Crippen molar-refractivity contribution >= 4 is 16.0 Å². The molecule has 178 valence electrons. The lowest BCUT2D eigenvalue weighted by atomic mass is 9.99. The van der Waals surface area contributed by atoms with Gasteiger partial charge in [-0.15, -0.1) is 0 Å². The Kier molecular flexibility index (Phi) is 11.7. The van der Waals surface area contributed by atoms with Gasteiger partial charge >= 0.3 is 0 Å². The van der Waals surface area contributed by atoms with Crippen molar-refractivity contribution in [1.29, 1.82) is 0 Å². The number of aromatic nitrogens is 1. The number of aryl methyl sites for hydroxylation is 1. The predicted octanol–water partition coefficient (Wildman–Crippen LogP) is 3.46. The molecule has 1 aromatic heterocycles. The van der Waals surface area contributed by atoms with Crippen LogP contribution in [-0.4, -0.2) is 37.2 Å². The van der Waals surface area contributed by atoms with E-state index in [1.165, 1.54) is 37.4 Å². The van der Waals surface area contributed by atoms with E-state index in [1.807, 2.05) is 12.1 Å². The van der Waals surface area contributed by atoms with Gasteiger partial charge in [-0.2, -0.15) is 8.42 Å². The van der Waals surface area contributed by atoms with Gasteiger partial charge in [0, 0.05) is 24.4 Å². The lowest BCUT2D eigenvalue weighted by Crippen LogP contribution is -2.11. The smallest absolute Gasteiger partial charge is 0.261 e. The van der Waals surface area contributed by atoms with E-state index >= 15 is 0 Å². The summed E-state index contributed by atoms with van der Waals surface area (Å²) in [6, 6.07) is 7.09. The molecule has 0 spiro atoms. The van der Waals surface area contributed by atoms with Crippen molar-refractivity contribution in [2.24, 2.45) is 11.5 Å². The molecule has 0 aliphatic heterocycles. The fraction of sp³-hybridized carbons (Fsp3) is 0.455. The number of carbonyl (C=O) groups excluding carboxylic acids is 1. The number of hydrogen-bond acceptors (Lipinski definition) is 7. The van der Waals surface area contributed by atoms with Gasteiger partial charge in [-0.25, -0.2) is 4.98 Å². The molecular weight excluding hydrogens is 434 g/mol. The average Bonchev–Trinajstić information content (AvgIpc) is 2.73. The van der Waals surface area contributed by atoms with Crippen LogP contribution < -0.4 is 20.9 Å². The van der Waals surface area contributed by atoms with Gasteiger partial charge in [-0.3, -0.25) is 9.35 Å². The van der Waals surface area contributed by atoms with Gasteiger partial charge in [0.1, 0.15) is 0 Å². The number of nitrogens with two attached hydrogens (primary N) is 2. The monoisotopic (exact) mass is 467 g/mol. The summed E-state index contributed by atoms with van der Waals surface area (Å²) in [7, 11) is -2.06. The Bertz CT molecular complexity index is 954. The molecule has 2 aromatic rings. The van der Waals surface area contributed by atoms with Crippen molar-refractivity contribution in [3.63, 3.8) is 0 Å². The SMILES string of the molecule is CCCCCCCc1ccc(Oc2ccc(C(N)=O)cn2)c(OC)c1CN.CS(=O)(=O)O. The zero-order valence-electron chi connectivity index (χ0n) is 18.8. The maximum Gasteiger partial charge on any atom is 0.261 e. The Balaban J connectivity index is 0.000000920. The van der Waals surface area contributed by atoms with Crippen molar-refractivity contribution in [1.82, 2.24) is 4.98 Å². The van der Waals surface area contributed by atoms with Crippen LogP contribution in [0.25, 0.3) is 0 Å². The van der Waals surface area contributed by atoms with Crippen molar-refractivity contribution in [3.05, 3.63) is 47.2 Å². The second-order valence-electron chi connectivity index (χ2n) is 7.19. The number of primary amides is 1. The second-order valence-corrected chi connectivity index (χ2v) is 8.65. The predicted molar refractivity (Wildman–Crippen MR) is 124 cm³/mol. The summed E-state index contributed by atoms with van der Waals surface area (Å²) in [5.41, 5.74) is 13.7. The van der Waals surface area contributed by atoms with E-state index in [0.717, 1.165) is 18.4 Å². The van der Waals surface area contributed by atoms with Crippen molar-refractivity contribution in [2.75, 3.05) is 13.4 Å². The molecule has 10 heteroatoms. The molecule has 1 amide bonds. The number of amides is 1. The highest BCUT2D eigenvalue weighted by atomic mass is 32.2. The van der Waals surface area contributed by atoms with Crippen LogP contribution in [0.5, 0.6) is 17.4 Å². The molecule has 5 N–H and O–H groups in total. The number of rotatable bonds is 11. The summed E-state index contributed by atoms with van der Waals surface area (Å²) in [6.07, 6.45) is 9.20. The summed E-state index contributed by atoms with van der Waals surface area (Å²) in [5, 5.41) is 0. The lowest BCUT2D eigenvalue weighted by molar-refractivity contribution is 0.1000. The lowest BCUT2D eigenvalue weighted by Gasteiger charge is -2.17. The van der Waals surface area contributed by atoms with Crippen LogP contribution in [0.3, 0.4) is 0 Å². The Morgan fingerprint density at radius 3 is 2.28 bits per heavy atom. The van der Waals surface area contributed by atoms with Crippen molar-refractivity contribution in [2.45, 2.75) is 52.0 Å². The quantitative estimate of drug-likeness (QED) is 0.335. The molecule has 1 aromatic carbocycles. The first kappa shape index (κ1) is 27.3. The van der Waals surface area contributed by atoms with Gasteiger partial charge in [-0.05, 0) is 30.5 Å². The van der Waals surface area contributed by atoms with E-state index in [9.17, 15) is 13.2 Å². The van der Waals surface area contributed by atoms with Crippen LogP contribution in [0.1, 0.15) is 60.5 Å². The van der Waals surface area contributed by atoms with Crippen LogP contribution in [-0.2, 0) is 23.1 Å². The molecule has 0 saturated carbocycles. The number of carbonyl (C=O) groups is 1. The van der Waals surface area contributed by atoms with Crippen molar-refractivity contribution < 1.29 is 27.2 Å². The molecule has 0 radical (unpaired) electrons. The standard InChI is InChI=1S/C21H29N3O3.CH4O3S/c1-3-4-5-6-7-8-15-9-11-18(20(26-2)17(15)13-22)27-19-12-10-16(14-24-19)21(23)25;1-5(2,3)4/h9-12,14H,3-8,13,22H2,1-2H3,(H2,23,25);1H3,(H,2,3,4). The highest BCUT2D eigenvalue weighted by molar-refractivity contribution is 7.85. The molecule has 0 aliphatic carbocycles. The molecule has 2 rings (SSSR count). The summed E-state index contributed by atoms with van der Waals surface area (Å²) in [5.74, 6) is 1.00. The molecule has 0 fully saturated rings. The molecule has 32 heavy (non-hydrogen) atoms. The number of nitrogens with zero attached hydrogens (tertiary/aromatic N) is 1. The third-order valence-corrected chi connectivity index (χ3v) is 4.51. The molecule has 0 saturated heterocycles. The number of pyridine rings is 1. The van der Waals surface area contributed by atoms with Crippen LogP contribution in [0, 0.1) is 0 Å². The minimum absolute atomic E-state index is 0.329. The number of unbranched alkanes of at least 4 members (excludes halogenated alkanes) is 4. The van der Waals surface area contributed by atoms with Gasteiger partial charge in [0.05, 0.1) is 18.9 Å². The van der Waals surface area contributed by atoms with Crippen LogP contribution in [0.4, 0.5) is 0 Å². The highest BCUT2D eigenvalue weighted by Crippen LogP contribution is 2.36. The summed E-state index contributed by atoms with van der Waals surface area (Å²) < 4.78 is 37.3. The maximum absolute atomic E-state index is 11.1. The molecule has 9 nitrogen and oxygen atoms in total. The number of ether oxygens (including phenoxy) is 2. The Labute approximate surface area is 189 Å². The van der Waals surface area contributed by atoms with E-state index in [2.05, 4.69) is 11.9 Å². The van der Waals surface area contributed by atoms with E-state index in [1.54, 1.807) is 19.2 Å². The summed E-state index contributed by atoms with van der Waals surface area (Å²) in [4.78, 5) is 15.3. The first-order valence-corrected chi connectivity index (χ1v) is 12.2. The number of methoxy groups -OCH3 is 1. The molecule has 0 atom stereocenters. The zero-order valence-corrected chi connectivity index (χ0v) is 19.7. The Hall–Kier alpha value is -2.69. The van der Waals surface area contributed by atoms with E-state index in [0.29, 0.717) is 35.7 Å². The Morgan fingerprint density at radius 1 is 1.12 bits per heavy atom. The molecule has 0 bridgehead atoms. The number of hydrogen-bond donors (Lipinski definition) is 3. The minimum atomic E-state index is -3.67. The first-order chi connectivity index (χ1) is 15.1. The van der Waals surface area contributed by atoms with Crippen LogP contribution in [0.2, 0.25) is 0 Å². The van der Waals surface area contributed by atoms with E-state index < -0.39 is 16.0 Å². The molecule has 0 aliphatic rings. The molecule has 0 unspecified atom stereocenters. The van der Waals surface area contributed by atoms with Gasteiger partial charge in [0.25, 0.3) is 10.1 Å². The normalized spacial score (nSPS) is 10.8. The fourth-order valence-corrected chi connectivity index (χ4v) is 3.03. The number of benzene rings is 1. The third-order valence-electron chi connectivity index (χ3n) is 4.51. The topological polar surface area (TPSA) is 155 Å². The first-order valence-electron chi connectivity index (χ1n) is 10.4. The molecule has 1 heterocycles.